The first-order chi connectivity index (χ1) is 16.2. The quantitative estimate of drug-likeness (QED) is 0.254. The largest absolute Gasteiger partial charge is 0.506 e. The van der Waals surface area contributed by atoms with E-state index in [2.05, 4.69) is 10.5 Å². The number of hydrazone groups is 1. The topological polar surface area (TPSA) is 57.1 Å². The number of aromatic hydroxyl groups is 1. The third kappa shape index (κ3) is 5.26. The molecule has 3 aromatic carbocycles. The number of hydrogen-bond acceptors (Lipinski definition) is 5. The number of nitrogens with zero attached hydrogens (tertiary/aromatic N) is 2. The van der Waals surface area contributed by atoms with Crippen LogP contribution in [-0.2, 0) is 10.9 Å². The fourth-order valence-corrected chi connectivity index (χ4v) is 3.86. The molecular weight excluding hydrogens is 474 g/mol. The van der Waals surface area contributed by atoms with Gasteiger partial charge in [-0.3, -0.25) is 5.43 Å². The second-order valence-electron chi connectivity index (χ2n) is 7.58. The van der Waals surface area contributed by atoms with Crippen LogP contribution in [0.4, 0.5) is 28.9 Å². The highest BCUT2D eigenvalue weighted by Crippen LogP contribution is 2.39. The number of phenols is 1. The zero-order chi connectivity index (χ0) is 24.3. The van der Waals surface area contributed by atoms with Gasteiger partial charge >= 0.3 is 6.18 Å². The number of phenolic OH excluding ortho intramolecular Hbond substituents is 1. The molecule has 5 nitrogen and oxygen atoms in total. The molecule has 178 valence electrons. The van der Waals surface area contributed by atoms with Gasteiger partial charge in [-0.05, 0) is 42.0 Å². The third-order valence-electron chi connectivity index (χ3n) is 5.34. The second kappa shape index (κ2) is 9.90. The van der Waals surface area contributed by atoms with E-state index in [0.29, 0.717) is 37.7 Å². The summed E-state index contributed by atoms with van der Waals surface area (Å²) >= 11 is 6.25. The van der Waals surface area contributed by atoms with Crippen molar-refractivity contribution in [1.82, 2.24) is 0 Å². The van der Waals surface area contributed by atoms with Crippen LogP contribution in [0.15, 0.2) is 59.7 Å². The number of alkyl halides is 3. The van der Waals surface area contributed by atoms with E-state index in [1.54, 1.807) is 6.07 Å². The summed E-state index contributed by atoms with van der Waals surface area (Å²) in [5.74, 6) is -0.679. The number of nitrogens with one attached hydrogen (secondary N) is 1. The molecule has 0 atom stereocenters. The van der Waals surface area contributed by atoms with Crippen molar-refractivity contribution in [2.45, 2.75) is 6.18 Å². The average Bonchev–Trinajstić information content (AvgIpc) is 2.83. The molecule has 1 aliphatic heterocycles. The summed E-state index contributed by atoms with van der Waals surface area (Å²) in [5, 5.41) is 14.4. The molecule has 0 aromatic heterocycles. The number of halogens is 5. The first-order valence-corrected chi connectivity index (χ1v) is 10.7. The minimum atomic E-state index is -4.50. The molecule has 1 heterocycles. The predicted octanol–water partition coefficient (Wildman–Crippen LogP) is 6.15. The molecule has 4 rings (SSSR count). The molecule has 0 saturated carbocycles. The number of benzene rings is 3. The van der Waals surface area contributed by atoms with Crippen LogP contribution in [0.1, 0.15) is 11.1 Å². The zero-order valence-electron chi connectivity index (χ0n) is 17.7. The molecule has 0 spiro atoms. The minimum absolute atomic E-state index is 0.0975. The lowest BCUT2D eigenvalue weighted by Crippen LogP contribution is -2.36. The van der Waals surface area contributed by atoms with Crippen LogP contribution in [0.3, 0.4) is 0 Å². The van der Waals surface area contributed by atoms with Gasteiger partial charge in [0.05, 0.1) is 41.4 Å². The first-order valence-electron chi connectivity index (χ1n) is 10.3. The molecule has 0 amide bonds. The second-order valence-corrected chi connectivity index (χ2v) is 7.96. The molecular formula is C24H20ClF4N3O2. The molecule has 0 bridgehead atoms. The Morgan fingerprint density at radius 1 is 1.06 bits per heavy atom. The molecule has 10 heteroatoms. The molecule has 0 radical (unpaired) electrons. The third-order valence-corrected chi connectivity index (χ3v) is 5.73. The fraction of sp³-hybridized carbons (Fsp3) is 0.208. The normalized spacial score (nSPS) is 14.6. The van der Waals surface area contributed by atoms with Gasteiger partial charge in [0.2, 0.25) is 0 Å². The van der Waals surface area contributed by atoms with Gasteiger partial charge in [-0.2, -0.15) is 18.3 Å². The van der Waals surface area contributed by atoms with Crippen molar-refractivity contribution >= 4 is 29.2 Å². The predicted molar refractivity (Wildman–Crippen MR) is 124 cm³/mol. The summed E-state index contributed by atoms with van der Waals surface area (Å²) < 4.78 is 58.6. The van der Waals surface area contributed by atoms with Crippen molar-refractivity contribution in [3.63, 3.8) is 0 Å². The van der Waals surface area contributed by atoms with Crippen molar-refractivity contribution in [2.75, 3.05) is 36.6 Å². The van der Waals surface area contributed by atoms with Gasteiger partial charge in [-0.25, -0.2) is 4.39 Å². The van der Waals surface area contributed by atoms with Crippen molar-refractivity contribution < 1.29 is 27.4 Å². The molecule has 1 aliphatic rings. The smallest absolute Gasteiger partial charge is 0.416 e. The molecule has 0 aliphatic carbocycles. The van der Waals surface area contributed by atoms with Crippen LogP contribution in [0.25, 0.3) is 11.1 Å². The number of anilines is 2. The fourth-order valence-electron chi connectivity index (χ4n) is 3.57. The lowest BCUT2D eigenvalue weighted by atomic mass is 10.0. The van der Waals surface area contributed by atoms with Crippen LogP contribution >= 0.6 is 11.6 Å². The number of rotatable bonds is 5. The average molecular weight is 494 g/mol. The zero-order valence-corrected chi connectivity index (χ0v) is 18.5. The Bertz CT molecular complexity index is 1210. The molecule has 3 aromatic rings. The van der Waals surface area contributed by atoms with E-state index in [0.717, 1.165) is 12.1 Å². The lowest BCUT2D eigenvalue weighted by Gasteiger charge is -2.29. The van der Waals surface area contributed by atoms with Crippen LogP contribution in [0.5, 0.6) is 5.75 Å². The molecule has 0 unspecified atom stereocenters. The van der Waals surface area contributed by atoms with E-state index in [4.69, 9.17) is 16.3 Å². The Balaban J connectivity index is 1.52. The summed E-state index contributed by atoms with van der Waals surface area (Å²) in [7, 11) is 0. The Morgan fingerprint density at radius 3 is 2.56 bits per heavy atom. The highest BCUT2D eigenvalue weighted by Gasteiger charge is 2.30. The summed E-state index contributed by atoms with van der Waals surface area (Å²) in [6.45, 7) is 2.19. The van der Waals surface area contributed by atoms with Gasteiger partial charge in [0.25, 0.3) is 0 Å². The van der Waals surface area contributed by atoms with E-state index >= 15 is 0 Å². The number of morpholine rings is 1. The molecule has 34 heavy (non-hydrogen) atoms. The van der Waals surface area contributed by atoms with E-state index in [1.807, 2.05) is 4.90 Å². The SMILES string of the molecule is Oc1c(/C=N\Nc2ccc(F)c(N3CCOCC3)c2)ccc(-c2cccc(C(F)(F)F)c2)c1Cl. The van der Waals surface area contributed by atoms with E-state index < -0.39 is 11.7 Å². The first kappa shape index (κ1) is 23.8. The standard InChI is InChI=1S/C24H20ClF4N3O2/c25-22-19(15-2-1-3-17(12-15)24(27,28)29)6-4-16(23(22)33)14-30-31-18-5-7-20(26)21(13-18)32-8-10-34-11-9-32/h1-7,12-14,31,33H,8-11H2/b30-14-. The van der Waals surface area contributed by atoms with E-state index in [-0.39, 0.29) is 33.3 Å². The van der Waals surface area contributed by atoms with Gasteiger partial charge in [-0.15, -0.1) is 0 Å². The van der Waals surface area contributed by atoms with Crippen molar-refractivity contribution in [1.29, 1.82) is 0 Å². The summed E-state index contributed by atoms with van der Waals surface area (Å²) in [5.41, 5.74) is 3.66. The maximum atomic E-state index is 14.2. The lowest BCUT2D eigenvalue weighted by molar-refractivity contribution is -0.137. The summed E-state index contributed by atoms with van der Waals surface area (Å²) in [6.07, 6.45) is -3.18. The van der Waals surface area contributed by atoms with Gasteiger partial charge in [0.15, 0.2) is 0 Å². The summed E-state index contributed by atoms with van der Waals surface area (Å²) in [6, 6.07) is 12.2. The maximum Gasteiger partial charge on any atom is 0.416 e. The number of ether oxygens (including phenoxy) is 1. The Morgan fingerprint density at radius 2 is 1.82 bits per heavy atom. The minimum Gasteiger partial charge on any atom is -0.506 e. The highest BCUT2D eigenvalue weighted by atomic mass is 35.5. The van der Waals surface area contributed by atoms with Crippen molar-refractivity contribution in [3.05, 3.63) is 76.6 Å². The monoisotopic (exact) mass is 493 g/mol. The highest BCUT2D eigenvalue weighted by molar-refractivity contribution is 6.35. The van der Waals surface area contributed by atoms with Gasteiger partial charge in [0.1, 0.15) is 11.6 Å². The van der Waals surface area contributed by atoms with Gasteiger partial charge in [-0.1, -0.05) is 29.8 Å². The Labute approximate surface area is 198 Å². The van der Waals surface area contributed by atoms with Crippen LogP contribution in [0.2, 0.25) is 5.02 Å². The molecule has 1 fully saturated rings. The van der Waals surface area contributed by atoms with Gasteiger partial charge < -0.3 is 14.7 Å². The van der Waals surface area contributed by atoms with Crippen molar-refractivity contribution in [2.24, 2.45) is 5.10 Å². The van der Waals surface area contributed by atoms with E-state index in [1.165, 1.54) is 42.6 Å². The van der Waals surface area contributed by atoms with Crippen LogP contribution in [-0.4, -0.2) is 37.6 Å². The summed E-state index contributed by atoms with van der Waals surface area (Å²) in [4.78, 5) is 1.88. The molecule has 1 saturated heterocycles. The van der Waals surface area contributed by atoms with Crippen LogP contribution < -0.4 is 10.3 Å². The Kier molecular flexibility index (Phi) is 6.95. The van der Waals surface area contributed by atoms with E-state index in [9.17, 15) is 22.7 Å². The molecule has 2 N–H and O–H groups in total. The maximum absolute atomic E-state index is 14.2. The van der Waals surface area contributed by atoms with Crippen LogP contribution in [0, 0.1) is 5.82 Å². The van der Waals surface area contributed by atoms with Crippen molar-refractivity contribution in [3.8, 4) is 16.9 Å². The number of hydrogen-bond donors (Lipinski definition) is 2. The van der Waals surface area contributed by atoms with Gasteiger partial charge in [0, 0.05) is 24.2 Å². The Hall–Kier alpha value is -3.30.